The van der Waals surface area contributed by atoms with Gasteiger partial charge in [0.25, 0.3) is 0 Å². The van der Waals surface area contributed by atoms with E-state index in [-0.39, 0.29) is 11.9 Å². The van der Waals surface area contributed by atoms with Crippen LogP contribution in [0, 0.1) is 12.7 Å². The van der Waals surface area contributed by atoms with Crippen molar-refractivity contribution in [3.8, 4) is 0 Å². The van der Waals surface area contributed by atoms with Crippen LogP contribution in [-0.2, 0) is 0 Å². The number of pyridine rings is 1. The first-order valence-electron chi connectivity index (χ1n) is 5.81. The van der Waals surface area contributed by atoms with Crippen molar-refractivity contribution in [3.63, 3.8) is 0 Å². The van der Waals surface area contributed by atoms with Gasteiger partial charge in [-0.3, -0.25) is 0 Å². The first-order chi connectivity index (χ1) is 8.58. The molecule has 3 N–H and O–H groups in total. The van der Waals surface area contributed by atoms with Crippen LogP contribution in [0.1, 0.15) is 24.1 Å². The van der Waals surface area contributed by atoms with Gasteiger partial charge in [-0.1, -0.05) is 12.1 Å². The molecule has 1 aromatic heterocycles. The van der Waals surface area contributed by atoms with Gasteiger partial charge in [-0.2, -0.15) is 0 Å². The van der Waals surface area contributed by atoms with E-state index in [4.69, 9.17) is 5.73 Å². The maximum absolute atomic E-state index is 13.5. The molecule has 18 heavy (non-hydrogen) atoms. The summed E-state index contributed by atoms with van der Waals surface area (Å²) in [7, 11) is 0. The van der Waals surface area contributed by atoms with Gasteiger partial charge in [0, 0.05) is 6.20 Å². The van der Waals surface area contributed by atoms with Crippen LogP contribution in [-0.4, -0.2) is 4.98 Å². The summed E-state index contributed by atoms with van der Waals surface area (Å²) in [5.41, 5.74) is 7.89. The number of aromatic nitrogens is 1. The molecule has 0 saturated heterocycles. The topological polar surface area (TPSA) is 50.9 Å². The summed E-state index contributed by atoms with van der Waals surface area (Å²) in [6.45, 7) is 3.69. The summed E-state index contributed by atoms with van der Waals surface area (Å²) in [6, 6.07) is 8.69. The van der Waals surface area contributed by atoms with Gasteiger partial charge in [-0.15, -0.1) is 0 Å². The molecule has 0 aliphatic rings. The van der Waals surface area contributed by atoms with E-state index in [1.807, 2.05) is 13.0 Å². The van der Waals surface area contributed by atoms with Crippen LogP contribution < -0.4 is 11.1 Å². The molecule has 0 saturated carbocycles. The largest absolute Gasteiger partial charge is 0.396 e. The van der Waals surface area contributed by atoms with Gasteiger partial charge < -0.3 is 11.1 Å². The lowest BCUT2D eigenvalue weighted by atomic mass is 10.1. The summed E-state index contributed by atoms with van der Waals surface area (Å²) in [5, 5.41) is 3.17. The SMILES string of the molecule is Cc1ccc(C(C)Nc2ncccc2N)cc1F. The Morgan fingerprint density at radius 1 is 1.33 bits per heavy atom. The van der Waals surface area contributed by atoms with Crippen LogP contribution in [0.3, 0.4) is 0 Å². The monoisotopic (exact) mass is 245 g/mol. The number of nitrogen functional groups attached to an aromatic ring is 1. The predicted molar refractivity (Wildman–Crippen MR) is 71.8 cm³/mol. The molecule has 4 heteroatoms. The van der Waals surface area contributed by atoms with Crippen LogP contribution in [0.5, 0.6) is 0 Å². The molecule has 1 unspecified atom stereocenters. The molecule has 0 radical (unpaired) electrons. The zero-order chi connectivity index (χ0) is 13.1. The number of hydrogen-bond acceptors (Lipinski definition) is 3. The van der Waals surface area contributed by atoms with Gasteiger partial charge in [-0.05, 0) is 43.2 Å². The van der Waals surface area contributed by atoms with E-state index in [2.05, 4.69) is 10.3 Å². The molecule has 0 amide bonds. The number of nitrogens with zero attached hydrogens (tertiary/aromatic N) is 1. The lowest BCUT2D eigenvalue weighted by Gasteiger charge is -2.16. The summed E-state index contributed by atoms with van der Waals surface area (Å²) in [6.07, 6.45) is 1.67. The van der Waals surface area contributed by atoms with Gasteiger partial charge in [0.1, 0.15) is 11.6 Å². The van der Waals surface area contributed by atoms with Crippen LogP contribution in [0.15, 0.2) is 36.5 Å². The Morgan fingerprint density at radius 2 is 2.11 bits per heavy atom. The van der Waals surface area contributed by atoms with E-state index in [0.29, 0.717) is 17.1 Å². The first kappa shape index (κ1) is 12.4. The van der Waals surface area contributed by atoms with Crippen LogP contribution in [0.25, 0.3) is 0 Å². The van der Waals surface area contributed by atoms with Crippen LogP contribution >= 0.6 is 0 Å². The molecule has 94 valence electrons. The fourth-order valence-corrected chi connectivity index (χ4v) is 1.71. The van der Waals surface area contributed by atoms with Gasteiger partial charge in [0.05, 0.1) is 11.7 Å². The first-order valence-corrected chi connectivity index (χ1v) is 5.81. The molecular weight excluding hydrogens is 229 g/mol. The summed E-state index contributed by atoms with van der Waals surface area (Å²) in [5.74, 6) is 0.418. The minimum Gasteiger partial charge on any atom is -0.396 e. The van der Waals surface area contributed by atoms with E-state index < -0.39 is 0 Å². The molecule has 0 fully saturated rings. The Labute approximate surface area is 106 Å². The Morgan fingerprint density at radius 3 is 2.78 bits per heavy atom. The minimum absolute atomic E-state index is 0.0581. The van der Waals surface area contributed by atoms with E-state index in [0.717, 1.165) is 5.56 Å². The second kappa shape index (κ2) is 5.04. The maximum Gasteiger partial charge on any atom is 0.149 e. The van der Waals surface area contributed by atoms with Gasteiger partial charge >= 0.3 is 0 Å². The van der Waals surface area contributed by atoms with Gasteiger partial charge in [0.15, 0.2) is 0 Å². The average molecular weight is 245 g/mol. The fraction of sp³-hybridized carbons (Fsp3) is 0.214. The number of anilines is 2. The Hall–Kier alpha value is -2.10. The second-order valence-electron chi connectivity index (χ2n) is 4.32. The highest BCUT2D eigenvalue weighted by atomic mass is 19.1. The van der Waals surface area contributed by atoms with Crippen molar-refractivity contribution in [1.82, 2.24) is 4.98 Å². The number of benzene rings is 1. The maximum atomic E-state index is 13.5. The van der Waals surface area contributed by atoms with Crippen LogP contribution in [0.2, 0.25) is 0 Å². The highest BCUT2D eigenvalue weighted by molar-refractivity contribution is 5.61. The van der Waals surface area contributed by atoms with Crippen molar-refractivity contribution < 1.29 is 4.39 Å². The Balaban J connectivity index is 2.19. The zero-order valence-corrected chi connectivity index (χ0v) is 10.4. The molecule has 0 aliphatic heterocycles. The molecule has 2 rings (SSSR count). The molecule has 0 bridgehead atoms. The Kier molecular flexibility index (Phi) is 3.46. The van der Waals surface area contributed by atoms with Crippen molar-refractivity contribution in [1.29, 1.82) is 0 Å². The predicted octanol–water partition coefficient (Wildman–Crippen LogP) is 3.28. The molecule has 0 spiro atoms. The number of rotatable bonds is 3. The normalized spacial score (nSPS) is 12.2. The van der Waals surface area contributed by atoms with Crippen molar-refractivity contribution in [2.45, 2.75) is 19.9 Å². The molecule has 0 aliphatic carbocycles. The lowest BCUT2D eigenvalue weighted by molar-refractivity contribution is 0.614. The molecule has 1 heterocycles. The minimum atomic E-state index is -0.199. The fourth-order valence-electron chi connectivity index (χ4n) is 1.71. The van der Waals surface area contributed by atoms with Crippen LogP contribution in [0.4, 0.5) is 15.9 Å². The number of nitrogens with two attached hydrogens (primary N) is 1. The summed E-state index contributed by atoms with van der Waals surface area (Å²) in [4.78, 5) is 4.15. The third-order valence-corrected chi connectivity index (χ3v) is 2.89. The lowest BCUT2D eigenvalue weighted by Crippen LogP contribution is -2.10. The van der Waals surface area contributed by atoms with Crippen molar-refractivity contribution in [2.75, 3.05) is 11.1 Å². The van der Waals surface area contributed by atoms with E-state index in [1.54, 1.807) is 31.3 Å². The van der Waals surface area contributed by atoms with E-state index in [1.165, 1.54) is 6.07 Å². The van der Waals surface area contributed by atoms with Gasteiger partial charge in [0.2, 0.25) is 0 Å². The highest BCUT2D eigenvalue weighted by Gasteiger charge is 2.09. The molecule has 2 aromatic rings. The van der Waals surface area contributed by atoms with E-state index in [9.17, 15) is 4.39 Å². The third kappa shape index (κ3) is 2.59. The number of nitrogens with one attached hydrogen (secondary N) is 1. The third-order valence-electron chi connectivity index (χ3n) is 2.89. The van der Waals surface area contributed by atoms with E-state index >= 15 is 0 Å². The van der Waals surface area contributed by atoms with Crippen molar-refractivity contribution in [2.24, 2.45) is 0 Å². The number of halogens is 1. The quantitative estimate of drug-likeness (QED) is 0.872. The molecule has 1 atom stereocenters. The van der Waals surface area contributed by atoms with Crippen molar-refractivity contribution in [3.05, 3.63) is 53.5 Å². The van der Waals surface area contributed by atoms with Crippen molar-refractivity contribution >= 4 is 11.5 Å². The number of hydrogen-bond donors (Lipinski definition) is 2. The second-order valence-corrected chi connectivity index (χ2v) is 4.32. The average Bonchev–Trinajstić information content (AvgIpc) is 2.35. The summed E-state index contributed by atoms with van der Waals surface area (Å²) >= 11 is 0. The molecular formula is C14H16FN3. The highest BCUT2D eigenvalue weighted by Crippen LogP contribution is 2.22. The standard InChI is InChI=1S/C14H16FN3/c1-9-5-6-11(8-12(9)15)10(2)18-14-13(16)4-3-7-17-14/h3-8,10H,16H2,1-2H3,(H,17,18). The number of aryl methyl sites for hydroxylation is 1. The van der Waals surface area contributed by atoms with Gasteiger partial charge in [-0.25, -0.2) is 9.37 Å². The molecule has 3 nitrogen and oxygen atoms in total. The smallest absolute Gasteiger partial charge is 0.149 e. The Bertz CT molecular complexity index is 554. The zero-order valence-electron chi connectivity index (χ0n) is 10.4. The molecule has 1 aromatic carbocycles. The summed E-state index contributed by atoms with van der Waals surface area (Å²) < 4.78 is 13.5.